The highest BCUT2D eigenvalue weighted by Gasteiger charge is 2.17. The second kappa shape index (κ2) is 10.3. The number of para-hydroxylation sites is 1. The largest absolute Gasteiger partial charge is 0.497 e. The van der Waals surface area contributed by atoms with Gasteiger partial charge in [0.05, 0.1) is 7.11 Å². The molecular formula is C21H28N2O3. The van der Waals surface area contributed by atoms with Crippen molar-refractivity contribution in [3.8, 4) is 11.5 Å². The van der Waals surface area contributed by atoms with E-state index in [-0.39, 0.29) is 5.91 Å². The Kier molecular flexibility index (Phi) is 7.80. The van der Waals surface area contributed by atoms with Crippen LogP contribution in [0.1, 0.15) is 19.8 Å². The average molecular weight is 356 g/mol. The van der Waals surface area contributed by atoms with E-state index in [0.29, 0.717) is 18.7 Å². The van der Waals surface area contributed by atoms with Crippen molar-refractivity contribution in [2.24, 2.45) is 0 Å². The van der Waals surface area contributed by atoms with Crippen LogP contribution >= 0.6 is 0 Å². The lowest BCUT2D eigenvalue weighted by Gasteiger charge is -2.20. The molecule has 0 aliphatic rings. The van der Waals surface area contributed by atoms with Crippen LogP contribution in [0.25, 0.3) is 0 Å². The predicted molar refractivity (Wildman–Crippen MR) is 105 cm³/mol. The first-order valence-electron chi connectivity index (χ1n) is 8.98. The second-order valence-corrected chi connectivity index (χ2v) is 6.09. The number of hydrogen-bond donors (Lipinski definition) is 1. The Hall–Kier alpha value is -2.69. The predicted octanol–water partition coefficient (Wildman–Crippen LogP) is 3.50. The molecule has 2 aromatic carbocycles. The third kappa shape index (κ3) is 5.99. The van der Waals surface area contributed by atoms with E-state index in [0.717, 1.165) is 18.7 Å². The van der Waals surface area contributed by atoms with Crippen LogP contribution in [-0.2, 0) is 4.79 Å². The Bertz CT molecular complexity index is 659. The van der Waals surface area contributed by atoms with E-state index in [1.165, 1.54) is 5.69 Å². The van der Waals surface area contributed by atoms with Crippen molar-refractivity contribution in [3.05, 3.63) is 54.6 Å². The number of nitrogens with zero attached hydrogens (tertiary/aromatic N) is 1. The number of carbonyl (C=O) groups excluding carboxylic acids is 1. The normalized spacial score (nSPS) is 11.5. The first-order valence-corrected chi connectivity index (χ1v) is 8.98. The Morgan fingerprint density at radius 2 is 1.73 bits per heavy atom. The fraction of sp³-hybridized carbons (Fsp3) is 0.381. The first kappa shape index (κ1) is 19.6. The van der Waals surface area contributed by atoms with E-state index in [2.05, 4.69) is 29.4 Å². The number of ether oxygens (including phenoxy) is 2. The van der Waals surface area contributed by atoms with Crippen molar-refractivity contribution in [2.75, 3.05) is 32.1 Å². The number of benzene rings is 2. The molecular weight excluding hydrogens is 328 g/mol. The average Bonchev–Trinajstić information content (AvgIpc) is 2.70. The van der Waals surface area contributed by atoms with Gasteiger partial charge in [0.15, 0.2) is 6.10 Å². The van der Waals surface area contributed by atoms with Gasteiger partial charge in [-0.05, 0) is 49.2 Å². The zero-order chi connectivity index (χ0) is 18.8. The molecule has 1 atom stereocenters. The summed E-state index contributed by atoms with van der Waals surface area (Å²) in [6.45, 7) is 3.44. The maximum Gasteiger partial charge on any atom is 0.261 e. The molecule has 140 valence electrons. The molecule has 1 amide bonds. The summed E-state index contributed by atoms with van der Waals surface area (Å²) in [5.74, 6) is 1.35. The Balaban J connectivity index is 1.74. The van der Waals surface area contributed by atoms with E-state index >= 15 is 0 Å². The van der Waals surface area contributed by atoms with Gasteiger partial charge in [0, 0.05) is 25.8 Å². The molecule has 0 unspecified atom stereocenters. The molecule has 0 aliphatic carbocycles. The van der Waals surface area contributed by atoms with Crippen LogP contribution in [-0.4, -0.2) is 39.3 Å². The van der Waals surface area contributed by atoms with Crippen LogP contribution in [0.4, 0.5) is 5.69 Å². The van der Waals surface area contributed by atoms with E-state index in [1.54, 1.807) is 7.11 Å². The van der Waals surface area contributed by atoms with Gasteiger partial charge in [0.1, 0.15) is 11.5 Å². The minimum atomic E-state index is -0.491. The number of amides is 1. The topological polar surface area (TPSA) is 50.8 Å². The summed E-state index contributed by atoms with van der Waals surface area (Å²) < 4.78 is 10.9. The molecule has 5 heteroatoms. The molecule has 0 spiro atoms. The molecule has 0 aliphatic heterocycles. The fourth-order valence-electron chi connectivity index (χ4n) is 2.59. The maximum absolute atomic E-state index is 12.3. The van der Waals surface area contributed by atoms with Crippen molar-refractivity contribution in [2.45, 2.75) is 25.9 Å². The summed E-state index contributed by atoms with van der Waals surface area (Å²) >= 11 is 0. The highest BCUT2D eigenvalue weighted by atomic mass is 16.5. The molecule has 5 nitrogen and oxygen atoms in total. The number of rotatable bonds is 10. The molecule has 0 bridgehead atoms. The number of anilines is 1. The Labute approximate surface area is 155 Å². The third-order valence-electron chi connectivity index (χ3n) is 4.17. The minimum absolute atomic E-state index is 0.0781. The summed E-state index contributed by atoms with van der Waals surface area (Å²) in [5.41, 5.74) is 1.17. The number of hydrogen-bond acceptors (Lipinski definition) is 4. The summed E-state index contributed by atoms with van der Waals surface area (Å²) in [5, 5.41) is 2.97. The van der Waals surface area contributed by atoms with Gasteiger partial charge in [0.25, 0.3) is 5.91 Å². The van der Waals surface area contributed by atoms with Crippen LogP contribution in [0, 0.1) is 0 Å². The Morgan fingerprint density at radius 3 is 2.35 bits per heavy atom. The molecule has 0 fully saturated rings. The van der Waals surface area contributed by atoms with E-state index < -0.39 is 6.10 Å². The Morgan fingerprint density at radius 1 is 1.08 bits per heavy atom. The van der Waals surface area contributed by atoms with Crippen LogP contribution in [0.2, 0.25) is 0 Å². The molecule has 1 N–H and O–H groups in total. The highest BCUT2D eigenvalue weighted by molar-refractivity contribution is 5.81. The molecule has 26 heavy (non-hydrogen) atoms. The van der Waals surface area contributed by atoms with Gasteiger partial charge in [-0.15, -0.1) is 0 Å². The minimum Gasteiger partial charge on any atom is -0.497 e. The third-order valence-corrected chi connectivity index (χ3v) is 4.17. The van der Waals surface area contributed by atoms with Crippen LogP contribution in [0.5, 0.6) is 11.5 Å². The van der Waals surface area contributed by atoms with Crippen molar-refractivity contribution < 1.29 is 14.3 Å². The van der Waals surface area contributed by atoms with Crippen molar-refractivity contribution in [1.82, 2.24) is 5.32 Å². The molecule has 2 aromatic rings. The molecule has 0 saturated heterocycles. The van der Waals surface area contributed by atoms with Gasteiger partial charge < -0.3 is 19.7 Å². The first-order chi connectivity index (χ1) is 12.6. The van der Waals surface area contributed by atoms with Gasteiger partial charge in [-0.2, -0.15) is 0 Å². The van der Waals surface area contributed by atoms with Crippen LogP contribution in [0.15, 0.2) is 54.6 Å². The van der Waals surface area contributed by atoms with E-state index in [1.807, 2.05) is 49.4 Å². The smallest absolute Gasteiger partial charge is 0.261 e. The fourth-order valence-corrected chi connectivity index (χ4v) is 2.59. The summed E-state index contributed by atoms with van der Waals surface area (Å²) in [4.78, 5) is 14.5. The highest BCUT2D eigenvalue weighted by Crippen LogP contribution is 2.19. The van der Waals surface area contributed by atoms with Crippen molar-refractivity contribution >= 4 is 11.6 Å². The van der Waals surface area contributed by atoms with Crippen molar-refractivity contribution in [1.29, 1.82) is 0 Å². The van der Waals surface area contributed by atoms with Crippen LogP contribution in [0.3, 0.4) is 0 Å². The van der Waals surface area contributed by atoms with Crippen molar-refractivity contribution in [3.63, 3.8) is 0 Å². The molecule has 0 aromatic heterocycles. The van der Waals surface area contributed by atoms with E-state index in [9.17, 15) is 4.79 Å². The number of nitrogens with one attached hydrogen (secondary N) is 1. The lowest BCUT2D eigenvalue weighted by molar-refractivity contribution is -0.128. The lowest BCUT2D eigenvalue weighted by Crippen LogP contribution is -2.39. The van der Waals surface area contributed by atoms with Gasteiger partial charge in [0.2, 0.25) is 0 Å². The maximum atomic E-state index is 12.3. The van der Waals surface area contributed by atoms with Gasteiger partial charge in [-0.25, -0.2) is 0 Å². The monoisotopic (exact) mass is 356 g/mol. The molecule has 2 rings (SSSR count). The SMILES string of the molecule is CC[C@@H](Oc1ccc(OC)cc1)C(=O)NCCCN(C)c1ccccc1. The summed E-state index contributed by atoms with van der Waals surface area (Å²) in [6, 6.07) is 17.5. The second-order valence-electron chi connectivity index (χ2n) is 6.09. The zero-order valence-corrected chi connectivity index (χ0v) is 15.8. The van der Waals surface area contributed by atoms with Gasteiger partial charge >= 0.3 is 0 Å². The molecule has 0 saturated carbocycles. The molecule has 0 heterocycles. The number of methoxy groups -OCH3 is 1. The summed E-state index contributed by atoms with van der Waals surface area (Å²) in [7, 11) is 3.67. The van der Waals surface area contributed by atoms with Crippen LogP contribution < -0.4 is 19.7 Å². The lowest BCUT2D eigenvalue weighted by atomic mass is 10.2. The molecule has 0 radical (unpaired) electrons. The van der Waals surface area contributed by atoms with E-state index in [4.69, 9.17) is 9.47 Å². The van der Waals surface area contributed by atoms with Gasteiger partial charge in [-0.1, -0.05) is 25.1 Å². The summed E-state index contributed by atoms with van der Waals surface area (Å²) in [6.07, 6.45) is 0.994. The van der Waals surface area contributed by atoms with Gasteiger partial charge in [-0.3, -0.25) is 4.79 Å². The quantitative estimate of drug-likeness (QED) is 0.662. The zero-order valence-electron chi connectivity index (χ0n) is 15.8. The standard InChI is InChI=1S/C21H28N2O3/c1-4-20(26-19-13-11-18(25-3)12-14-19)21(24)22-15-8-16-23(2)17-9-6-5-7-10-17/h5-7,9-14,20H,4,8,15-16H2,1-3H3,(H,22,24)/t20-/m1/s1. The number of carbonyl (C=O) groups is 1.